The van der Waals surface area contributed by atoms with Crippen LogP contribution in [0.4, 0.5) is 0 Å². The van der Waals surface area contributed by atoms with Gasteiger partial charge in [-0.15, -0.1) is 0 Å². The lowest BCUT2D eigenvalue weighted by molar-refractivity contribution is 0.306. The lowest BCUT2D eigenvalue weighted by Gasteiger charge is -2.26. The summed E-state index contributed by atoms with van der Waals surface area (Å²) in [7, 11) is 0. The van der Waals surface area contributed by atoms with Crippen molar-refractivity contribution in [3.05, 3.63) is 24.2 Å². The summed E-state index contributed by atoms with van der Waals surface area (Å²) in [5.74, 6) is 0. The summed E-state index contributed by atoms with van der Waals surface area (Å²) in [6.07, 6.45) is 7.05. The van der Waals surface area contributed by atoms with Crippen LogP contribution in [-0.2, 0) is 6.42 Å². The van der Waals surface area contributed by atoms with Gasteiger partial charge in [0.15, 0.2) is 0 Å². The molecule has 1 N–H and O–H groups in total. The van der Waals surface area contributed by atoms with E-state index in [1.54, 1.807) is 6.26 Å². The van der Waals surface area contributed by atoms with Crippen LogP contribution < -0.4 is 5.32 Å². The van der Waals surface area contributed by atoms with E-state index in [-0.39, 0.29) is 0 Å². The van der Waals surface area contributed by atoms with Crippen LogP contribution in [0.25, 0.3) is 0 Å². The van der Waals surface area contributed by atoms with E-state index < -0.39 is 0 Å². The zero-order chi connectivity index (χ0) is 12.0. The number of nitrogens with one attached hydrogen (secondary N) is 1. The summed E-state index contributed by atoms with van der Waals surface area (Å²) < 4.78 is 5.12. The maximum Gasteiger partial charge on any atom is 0.0935 e. The van der Waals surface area contributed by atoms with Crippen molar-refractivity contribution in [1.29, 1.82) is 0 Å². The molecule has 2 nitrogen and oxygen atoms in total. The van der Waals surface area contributed by atoms with Crippen molar-refractivity contribution in [1.82, 2.24) is 5.32 Å². The monoisotopic (exact) mass is 223 g/mol. The SMILES string of the molecule is CCCNC(Cc1ccoc1)CC(C)(C)C. The molecule has 16 heavy (non-hydrogen) atoms. The zero-order valence-corrected chi connectivity index (χ0v) is 11.0. The van der Waals surface area contributed by atoms with Gasteiger partial charge in [-0.3, -0.25) is 0 Å². The van der Waals surface area contributed by atoms with E-state index in [2.05, 4.69) is 39.1 Å². The van der Waals surface area contributed by atoms with Crippen LogP contribution in [-0.4, -0.2) is 12.6 Å². The van der Waals surface area contributed by atoms with Crippen molar-refractivity contribution in [3.63, 3.8) is 0 Å². The second kappa shape index (κ2) is 6.09. The van der Waals surface area contributed by atoms with Crippen LogP contribution in [0.1, 0.15) is 46.1 Å². The van der Waals surface area contributed by atoms with E-state index in [0.717, 1.165) is 13.0 Å². The Morgan fingerprint density at radius 3 is 2.62 bits per heavy atom. The largest absolute Gasteiger partial charge is 0.472 e. The number of furan rings is 1. The van der Waals surface area contributed by atoms with Gasteiger partial charge in [-0.05, 0) is 42.9 Å². The Morgan fingerprint density at radius 2 is 2.12 bits per heavy atom. The number of rotatable bonds is 6. The number of hydrogen-bond donors (Lipinski definition) is 1. The molecule has 0 saturated heterocycles. The molecule has 0 amide bonds. The van der Waals surface area contributed by atoms with Gasteiger partial charge in [-0.2, -0.15) is 0 Å². The van der Waals surface area contributed by atoms with Crippen molar-refractivity contribution < 1.29 is 4.42 Å². The maximum absolute atomic E-state index is 5.12. The van der Waals surface area contributed by atoms with E-state index in [1.807, 2.05) is 6.26 Å². The third kappa shape index (κ3) is 5.36. The molecule has 0 aliphatic carbocycles. The van der Waals surface area contributed by atoms with E-state index in [9.17, 15) is 0 Å². The van der Waals surface area contributed by atoms with E-state index in [0.29, 0.717) is 11.5 Å². The lowest BCUT2D eigenvalue weighted by atomic mass is 9.86. The average Bonchev–Trinajstić information content (AvgIpc) is 2.64. The molecule has 0 fully saturated rings. The Labute approximate surface area is 99.4 Å². The van der Waals surface area contributed by atoms with Crippen molar-refractivity contribution in [3.8, 4) is 0 Å². The predicted octanol–water partition coefficient (Wildman–Crippen LogP) is 3.63. The standard InChI is InChI=1S/C14H25NO/c1-5-7-15-13(10-14(2,3)4)9-12-6-8-16-11-12/h6,8,11,13,15H,5,7,9-10H2,1-4H3. The average molecular weight is 223 g/mol. The molecule has 1 rings (SSSR count). The second-order valence-corrected chi connectivity index (χ2v) is 5.75. The summed E-state index contributed by atoms with van der Waals surface area (Å²) >= 11 is 0. The third-order valence-corrected chi connectivity index (χ3v) is 2.60. The normalized spacial score (nSPS) is 14.0. The molecule has 0 aliphatic rings. The van der Waals surface area contributed by atoms with Crippen LogP contribution in [0, 0.1) is 5.41 Å². The highest BCUT2D eigenvalue weighted by Gasteiger charge is 2.18. The summed E-state index contributed by atoms with van der Waals surface area (Å²) in [4.78, 5) is 0. The third-order valence-electron chi connectivity index (χ3n) is 2.60. The van der Waals surface area contributed by atoms with Crippen molar-refractivity contribution in [2.75, 3.05) is 6.54 Å². The maximum atomic E-state index is 5.12. The molecular formula is C14H25NO. The van der Waals surface area contributed by atoms with Crippen molar-refractivity contribution in [2.24, 2.45) is 5.41 Å². The Kier molecular flexibility index (Phi) is 5.07. The molecule has 0 aliphatic heterocycles. The van der Waals surface area contributed by atoms with Crippen LogP contribution in [0.3, 0.4) is 0 Å². The molecule has 1 atom stereocenters. The van der Waals surface area contributed by atoms with Gasteiger partial charge in [0.2, 0.25) is 0 Å². The van der Waals surface area contributed by atoms with E-state index >= 15 is 0 Å². The first kappa shape index (κ1) is 13.3. The highest BCUT2D eigenvalue weighted by molar-refractivity contribution is 5.07. The van der Waals surface area contributed by atoms with Crippen LogP contribution >= 0.6 is 0 Å². The second-order valence-electron chi connectivity index (χ2n) is 5.75. The summed E-state index contributed by atoms with van der Waals surface area (Å²) in [5.41, 5.74) is 1.66. The highest BCUT2D eigenvalue weighted by Crippen LogP contribution is 2.22. The first-order chi connectivity index (χ1) is 7.51. The van der Waals surface area contributed by atoms with E-state index in [1.165, 1.54) is 18.4 Å². The summed E-state index contributed by atoms with van der Waals surface area (Å²) in [6, 6.07) is 2.61. The smallest absolute Gasteiger partial charge is 0.0935 e. The first-order valence-corrected chi connectivity index (χ1v) is 6.26. The quantitative estimate of drug-likeness (QED) is 0.796. The first-order valence-electron chi connectivity index (χ1n) is 6.26. The van der Waals surface area contributed by atoms with Gasteiger partial charge in [0, 0.05) is 6.04 Å². The molecule has 0 radical (unpaired) electrons. The predicted molar refractivity (Wildman–Crippen MR) is 68.6 cm³/mol. The molecule has 1 aromatic rings. The molecule has 0 saturated carbocycles. The van der Waals surface area contributed by atoms with E-state index in [4.69, 9.17) is 4.42 Å². The fourth-order valence-electron chi connectivity index (χ4n) is 2.00. The molecular weight excluding hydrogens is 198 g/mol. The topological polar surface area (TPSA) is 25.2 Å². The molecule has 1 unspecified atom stereocenters. The number of hydrogen-bond acceptors (Lipinski definition) is 2. The highest BCUT2D eigenvalue weighted by atomic mass is 16.3. The fourth-order valence-corrected chi connectivity index (χ4v) is 2.00. The van der Waals surface area contributed by atoms with Gasteiger partial charge in [-0.25, -0.2) is 0 Å². The van der Waals surface area contributed by atoms with Crippen molar-refractivity contribution >= 4 is 0 Å². The van der Waals surface area contributed by atoms with Gasteiger partial charge in [0.05, 0.1) is 12.5 Å². The minimum Gasteiger partial charge on any atom is -0.472 e. The molecule has 0 spiro atoms. The lowest BCUT2D eigenvalue weighted by Crippen LogP contribution is -2.35. The minimum absolute atomic E-state index is 0.370. The van der Waals surface area contributed by atoms with Crippen LogP contribution in [0.15, 0.2) is 23.0 Å². The Bertz CT molecular complexity index is 271. The molecule has 1 aromatic heterocycles. The molecule has 0 bridgehead atoms. The fraction of sp³-hybridized carbons (Fsp3) is 0.714. The van der Waals surface area contributed by atoms with Gasteiger partial charge in [0.1, 0.15) is 0 Å². The van der Waals surface area contributed by atoms with Crippen molar-refractivity contribution in [2.45, 2.75) is 53.0 Å². The molecule has 0 aromatic carbocycles. The van der Waals surface area contributed by atoms with Crippen LogP contribution in [0.2, 0.25) is 0 Å². The Hall–Kier alpha value is -0.760. The van der Waals surface area contributed by atoms with Gasteiger partial charge < -0.3 is 9.73 Å². The zero-order valence-electron chi connectivity index (χ0n) is 11.0. The summed E-state index contributed by atoms with van der Waals surface area (Å²) in [6.45, 7) is 10.2. The molecule has 2 heteroatoms. The van der Waals surface area contributed by atoms with Crippen LogP contribution in [0.5, 0.6) is 0 Å². The van der Waals surface area contributed by atoms with Gasteiger partial charge in [-0.1, -0.05) is 27.7 Å². The Morgan fingerprint density at radius 1 is 1.38 bits per heavy atom. The molecule has 92 valence electrons. The molecule has 1 heterocycles. The van der Waals surface area contributed by atoms with Gasteiger partial charge in [0.25, 0.3) is 0 Å². The minimum atomic E-state index is 0.370. The van der Waals surface area contributed by atoms with Gasteiger partial charge >= 0.3 is 0 Å². The Balaban J connectivity index is 2.50. The summed E-state index contributed by atoms with van der Waals surface area (Å²) in [5, 5.41) is 3.62.